The standard InChI is InChI=1S/C11H20N2O2/c1-11(14)5-3-7-13(8-4-6-12)9-10-15-2/h3-5,7-10H2,1-2H3. The molecule has 0 heterocycles. The maximum absolute atomic E-state index is 10.8. The number of hydrogen-bond donors (Lipinski definition) is 0. The molecule has 4 heteroatoms. The molecular weight excluding hydrogens is 192 g/mol. The molecule has 0 N–H and O–H groups in total. The predicted molar refractivity (Wildman–Crippen MR) is 58.5 cm³/mol. The van der Waals surface area contributed by atoms with Gasteiger partial charge in [0.2, 0.25) is 0 Å². The Bertz CT molecular complexity index is 211. The zero-order valence-electron chi connectivity index (χ0n) is 9.66. The molecule has 0 spiro atoms. The molecule has 0 fully saturated rings. The first-order chi connectivity index (χ1) is 7.20. The van der Waals surface area contributed by atoms with Crippen molar-refractivity contribution in [3.05, 3.63) is 0 Å². The van der Waals surface area contributed by atoms with Gasteiger partial charge in [-0.1, -0.05) is 0 Å². The van der Waals surface area contributed by atoms with E-state index in [0.717, 1.165) is 26.1 Å². The van der Waals surface area contributed by atoms with Crippen molar-refractivity contribution in [1.82, 2.24) is 4.90 Å². The van der Waals surface area contributed by atoms with E-state index in [1.54, 1.807) is 14.0 Å². The lowest BCUT2D eigenvalue weighted by Gasteiger charge is -2.20. The van der Waals surface area contributed by atoms with Crippen LogP contribution in [0.1, 0.15) is 26.2 Å². The fourth-order valence-electron chi connectivity index (χ4n) is 1.32. The van der Waals surface area contributed by atoms with Gasteiger partial charge in [-0.25, -0.2) is 0 Å². The molecule has 0 bridgehead atoms. The Morgan fingerprint density at radius 1 is 1.40 bits per heavy atom. The summed E-state index contributed by atoms with van der Waals surface area (Å²) >= 11 is 0. The van der Waals surface area contributed by atoms with Crippen molar-refractivity contribution >= 4 is 5.78 Å². The monoisotopic (exact) mass is 212 g/mol. The SMILES string of the molecule is COCCN(CCC#N)CCCC(C)=O. The van der Waals surface area contributed by atoms with Gasteiger partial charge >= 0.3 is 0 Å². The summed E-state index contributed by atoms with van der Waals surface area (Å²) in [7, 11) is 1.66. The van der Waals surface area contributed by atoms with E-state index in [9.17, 15) is 4.79 Å². The van der Waals surface area contributed by atoms with Crippen LogP contribution in [-0.4, -0.2) is 44.0 Å². The third-order valence-electron chi connectivity index (χ3n) is 2.15. The van der Waals surface area contributed by atoms with Gasteiger partial charge in [0.15, 0.2) is 0 Å². The van der Waals surface area contributed by atoms with Gasteiger partial charge in [-0.2, -0.15) is 5.26 Å². The van der Waals surface area contributed by atoms with Crippen molar-refractivity contribution in [2.24, 2.45) is 0 Å². The normalized spacial score (nSPS) is 10.3. The van der Waals surface area contributed by atoms with Crippen LogP contribution in [0.4, 0.5) is 0 Å². The quantitative estimate of drug-likeness (QED) is 0.576. The average molecular weight is 212 g/mol. The van der Waals surface area contributed by atoms with E-state index in [-0.39, 0.29) is 5.78 Å². The van der Waals surface area contributed by atoms with Crippen molar-refractivity contribution in [2.75, 3.05) is 33.4 Å². The van der Waals surface area contributed by atoms with E-state index in [1.165, 1.54) is 0 Å². The minimum Gasteiger partial charge on any atom is -0.383 e. The Morgan fingerprint density at radius 3 is 2.67 bits per heavy atom. The summed E-state index contributed by atoms with van der Waals surface area (Å²) in [6.07, 6.45) is 2.02. The number of ether oxygens (including phenoxy) is 1. The Kier molecular flexibility index (Phi) is 9.04. The van der Waals surface area contributed by atoms with Crippen LogP contribution in [-0.2, 0) is 9.53 Å². The molecule has 0 amide bonds. The molecule has 0 aromatic rings. The number of hydrogen-bond acceptors (Lipinski definition) is 4. The summed E-state index contributed by atoms with van der Waals surface area (Å²) in [5.74, 6) is 0.224. The lowest BCUT2D eigenvalue weighted by molar-refractivity contribution is -0.117. The lowest BCUT2D eigenvalue weighted by atomic mass is 10.2. The van der Waals surface area contributed by atoms with E-state index in [1.807, 2.05) is 0 Å². The fraction of sp³-hybridized carbons (Fsp3) is 0.818. The minimum absolute atomic E-state index is 0.224. The van der Waals surface area contributed by atoms with Crippen LogP contribution < -0.4 is 0 Å². The molecule has 0 unspecified atom stereocenters. The molecule has 0 radical (unpaired) electrons. The first-order valence-corrected chi connectivity index (χ1v) is 5.28. The van der Waals surface area contributed by atoms with Crippen molar-refractivity contribution in [3.63, 3.8) is 0 Å². The van der Waals surface area contributed by atoms with Crippen LogP contribution in [0.5, 0.6) is 0 Å². The topological polar surface area (TPSA) is 53.3 Å². The highest BCUT2D eigenvalue weighted by Gasteiger charge is 2.04. The lowest BCUT2D eigenvalue weighted by Crippen LogP contribution is -2.29. The van der Waals surface area contributed by atoms with Gasteiger partial charge in [0, 0.05) is 33.0 Å². The molecule has 0 saturated carbocycles. The Balaban J connectivity index is 3.69. The molecule has 0 aromatic heterocycles. The molecule has 0 saturated heterocycles. The molecular formula is C11H20N2O2. The number of nitriles is 1. The summed E-state index contributed by atoms with van der Waals surface area (Å²) in [5.41, 5.74) is 0. The Hall–Kier alpha value is -0.920. The highest BCUT2D eigenvalue weighted by Crippen LogP contribution is 1.97. The summed E-state index contributed by atoms with van der Waals surface area (Å²) in [6.45, 7) is 4.73. The van der Waals surface area contributed by atoms with Crippen molar-refractivity contribution in [1.29, 1.82) is 5.26 Å². The Morgan fingerprint density at radius 2 is 2.13 bits per heavy atom. The number of carbonyl (C=O) groups excluding carboxylic acids is 1. The third kappa shape index (κ3) is 9.39. The third-order valence-corrected chi connectivity index (χ3v) is 2.15. The van der Waals surface area contributed by atoms with E-state index < -0.39 is 0 Å². The fourth-order valence-corrected chi connectivity index (χ4v) is 1.32. The summed E-state index contributed by atoms with van der Waals surface area (Å²) in [6, 6.07) is 2.12. The summed E-state index contributed by atoms with van der Waals surface area (Å²) in [5, 5.41) is 8.49. The zero-order chi connectivity index (χ0) is 11.5. The largest absolute Gasteiger partial charge is 0.383 e. The van der Waals surface area contributed by atoms with E-state index in [0.29, 0.717) is 19.4 Å². The van der Waals surface area contributed by atoms with Crippen LogP contribution in [0.2, 0.25) is 0 Å². The van der Waals surface area contributed by atoms with Crippen molar-refractivity contribution < 1.29 is 9.53 Å². The van der Waals surface area contributed by atoms with Gasteiger partial charge in [0.25, 0.3) is 0 Å². The number of carbonyl (C=O) groups is 1. The molecule has 0 aliphatic carbocycles. The number of nitrogens with zero attached hydrogens (tertiary/aromatic N) is 2. The number of rotatable bonds is 9. The maximum Gasteiger partial charge on any atom is 0.129 e. The van der Waals surface area contributed by atoms with Gasteiger partial charge in [0.1, 0.15) is 5.78 Å². The van der Waals surface area contributed by atoms with Crippen LogP contribution >= 0.6 is 0 Å². The number of Topliss-reactive ketones (excluding diaryl/α,β-unsaturated/α-hetero) is 1. The van der Waals surface area contributed by atoms with Crippen LogP contribution in [0.3, 0.4) is 0 Å². The molecule has 0 atom stereocenters. The molecule has 0 aliphatic rings. The van der Waals surface area contributed by atoms with Gasteiger partial charge in [0.05, 0.1) is 12.7 Å². The first-order valence-electron chi connectivity index (χ1n) is 5.28. The van der Waals surface area contributed by atoms with Crippen LogP contribution in [0, 0.1) is 11.3 Å². The Labute approximate surface area is 91.8 Å². The molecule has 0 rings (SSSR count). The predicted octanol–water partition coefficient (Wildman–Crippen LogP) is 1.22. The highest BCUT2D eigenvalue weighted by molar-refractivity contribution is 5.75. The molecule has 0 aliphatic heterocycles. The molecule has 86 valence electrons. The second-order valence-corrected chi connectivity index (χ2v) is 3.55. The molecule has 4 nitrogen and oxygen atoms in total. The molecule has 15 heavy (non-hydrogen) atoms. The van der Waals surface area contributed by atoms with Crippen molar-refractivity contribution in [2.45, 2.75) is 26.2 Å². The van der Waals surface area contributed by atoms with Crippen LogP contribution in [0.15, 0.2) is 0 Å². The minimum atomic E-state index is 0.224. The van der Waals surface area contributed by atoms with Gasteiger partial charge in [-0.05, 0) is 19.9 Å². The van der Waals surface area contributed by atoms with Crippen molar-refractivity contribution in [3.8, 4) is 6.07 Å². The van der Waals surface area contributed by atoms with Gasteiger partial charge in [-0.15, -0.1) is 0 Å². The van der Waals surface area contributed by atoms with Gasteiger partial charge in [-0.3, -0.25) is 0 Å². The number of methoxy groups -OCH3 is 1. The van der Waals surface area contributed by atoms with Gasteiger partial charge < -0.3 is 14.4 Å². The maximum atomic E-state index is 10.8. The highest BCUT2D eigenvalue weighted by atomic mass is 16.5. The van der Waals surface area contributed by atoms with E-state index >= 15 is 0 Å². The zero-order valence-corrected chi connectivity index (χ0v) is 9.66. The second-order valence-electron chi connectivity index (χ2n) is 3.55. The summed E-state index contributed by atoms with van der Waals surface area (Å²) in [4.78, 5) is 12.9. The van der Waals surface area contributed by atoms with Crippen LogP contribution in [0.25, 0.3) is 0 Å². The summed E-state index contributed by atoms with van der Waals surface area (Å²) < 4.78 is 4.99. The average Bonchev–Trinajstić information content (AvgIpc) is 2.20. The number of ketones is 1. The first kappa shape index (κ1) is 14.1. The van der Waals surface area contributed by atoms with E-state index in [2.05, 4.69) is 11.0 Å². The van der Waals surface area contributed by atoms with E-state index in [4.69, 9.17) is 10.00 Å². The molecule has 0 aromatic carbocycles. The smallest absolute Gasteiger partial charge is 0.129 e. The second kappa shape index (κ2) is 9.63.